The number of ether oxygens (including phenoxy) is 1. The standard InChI is InChI=1S/C19H16N2O3S/c1-24-19(23)13-8-6-12(7-9-13)17-16(25-2)11-15(21-18(17)22)14-5-3-4-10-20-14/h3-11H,1-2H3,(H,21,22). The van der Waals surface area contributed by atoms with Gasteiger partial charge < -0.3 is 9.72 Å². The Morgan fingerprint density at radius 2 is 1.92 bits per heavy atom. The van der Waals surface area contributed by atoms with Gasteiger partial charge in [-0.15, -0.1) is 11.8 Å². The predicted molar refractivity (Wildman–Crippen MR) is 98.9 cm³/mol. The molecule has 0 aliphatic carbocycles. The van der Waals surface area contributed by atoms with E-state index in [9.17, 15) is 9.59 Å². The van der Waals surface area contributed by atoms with Crippen LogP contribution in [0.2, 0.25) is 0 Å². The van der Waals surface area contributed by atoms with Crippen molar-refractivity contribution >= 4 is 17.7 Å². The minimum absolute atomic E-state index is 0.196. The van der Waals surface area contributed by atoms with Crippen LogP contribution in [-0.2, 0) is 4.74 Å². The average molecular weight is 352 g/mol. The SMILES string of the molecule is COC(=O)c1ccc(-c2c(SC)cc(-c3ccccn3)[nH]c2=O)cc1. The number of H-pyrrole nitrogens is 1. The number of aromatic nitrogens is 2. The minimum Gasteiger partial charge on any atom is -0.465 e. The quantitative estimate of drug-likeness (QED) is 0.574. The number of carbonyl (C=O) groups excluding carboxylic acids is 1. The molecule has 1 N–H and O–H groups in total. The second-order valence-corrected chi connectivity index (χ2v) is 6.09. The number of nitrogens with zero attached hydrogens (tertiary/aromatic N) is 1. The second-order valence-electron chi connectivity index (χ2n) is 5.24. The lowest BCUT2D eigenvalue weighted by atomic mass is 10.0. The van der Waals surface area contributed by atoms with Gasteiger partial charge in [-0.05, 0) is 42.2 Å². The summed E-state index contributed by atoms with van der Waals surface area (Å²) in [5.41, 5.74) is 2.94. The molecule has 6 heteroatoms. The molecule has 2 aromatic heterocycles. The van der Waals surface area contributed by atoms with E-state index in [2.05, 4.69) is 9.97 Å². The third-order valence-corrected chi connectivity index (χ3v) is 4.51. The lowest BCUT2D eigenvalue weighted by molar-refractivity contribution is 0.0601. The van der Waals surface area contributed by atoms with E-state index in [1.54, 1.807) is 30.5 Å². The molecule has 0 fully saturated rings. The van der Waals surface area contributed by atoms with E-state index in [1.807, 2.05) is 30.5 Å². The molecule has 0 amide bonds. The smallest absolute Gasteiger partial charge is 0.337 e. The van der Waals surface area contributed by atoms with Crippen molar-refractivity contribution in [2.45, 2.75) is 4.90 Å². The molecule has 126 valence electrons. The van der Waals surface area contributed by atoms with Crippen LogP contribution in [-0.4, -0.2) is 29.3 Å². The Hall–Kier alpha value is -2.86. The van der Waals surface area contributed by atoms with Crippen molar-refractivity contribution in [3.63, 3.8) is 0 Å². The molecular weight excluding hydrogens is 336 g/mol. The van der Waals surface area contributed by atoms with Crippen LogP contribution in [0.3, 0.4) is 0 Å². The van der Waals surface area contributed by atoms with Crippen molar-refractivity contribution < 1.29 is 9.53 Å². The first-order valence-corrected chi connectivity index (χ1v) is 8.78. The molecule has 25 heavy (non-hydrogen) atoms. The van der Waals surface area contributed by atoms with E-state index in [0.717, 1.165) is 10.5 Å². The number of methoxy groups -OCH3 is 1. The first-order chi connectivity index (χ1) is 12.1. The van der Waals surface area contributed by atoms with Gasteiger partial charge in [-0.25, -0.2) is 4.79 Å². The Balaban J connectivity index is 2.08. The highest BCUT2D eigenvalue weighted by molar-refractivity contribution is 7.98. The molecule has 0 spiro atoms. The van der Waals surface area contributed by atoms with Gasteiger partial charge in [-0.1, -0.05) is 18.2 Å². The highest BCUT2D eigenvalue weighted by atomic mass is 32.2. The zero-order valence-corrected chi connectivity index (χ0v) is 14.6. The summed E-state index contributed by atoms with van der Waals surface area (Å²) in [6, 6.07) is 14.3. The summed E-state index contributed by atoms with van der Waals surface area (Å²) in [6.45, 7) is 0. The van der Waals surface area contributed by atoms with Gasteiger partial charge in [0.25, 0.3) is 5.56 Å². The number of benzene rings is 1. The van der Waals surface area contributed by atoms with Crippen molar-refractivity contribution in [2.75, 3.05) is 13.4 Å². The first-order valence-electron chi connectivity index (χ1n) is 7.55. The normalized spacial score (nSPS) is 10.5. The molecule has 0 bridgehead atoms. The molecule has 0 atom stereocenters. The summed E-state index contributed by atoms with van der Waals surface area (Å²) in [5.74, 6) is -0.406. The third-order valence-electron chi connectivity index (χ3n) is 3.75. The van der Waals surface area contributed by atoms with Crippen LogP contribution in [0.1, 0.15) is 10.4 Å². The van der Waals surface area contributed by atoms with Crippen LogP contribution in [0, 0.1) is 0 Å². The molecule has 3 aromatic rings. The van der Waals surface area contributed by atoms with Crippen LogP contribution in [0.5, 0.6) is 0 Å². The first kappa shape index (κ1) is 17.0. The van der Waals surface area contributed by atoms with E-state index < -0.39 is 5.97 Å². The van der Waals surface area contributed by atoms with Crippen LogP contribution in [0.25, 0.3) is 22.5 Å². The van der Waals surface area contributed by atoms with E-state index in [-0.39, 0.29) is 5.56 Å². The van der Waals surface area contributed by atoms with Crippen LogP contribution in [0.15, 0.2) is 64.4 Å². The number of rotatable bonds is 4. The fourth-order valence-electron chi connectivity index (χ4n) is 2.52. The zero-order chi connectivity index (χ0) is 17.8. The van der Waals surface area contributed by atoms with Crippen molar-refractivity contribution in [3.8, 4) is 22.5 Å². The Labute approximate surface area is 149 Å². The monoisotopic (exact) mass is 352 g/mol. The highest BCUT2D eigenvalue weighted by Crippen LogP contribution is 2.29. The van der Waals surface area contributed by atoms with Gasteiger partial charge in [0, 0.05) is 11.1 Å². The molecule has 0 aliphatic rings. The predicted octanol–water partition coefficient (Wildman–Crippen LogP) is 3.61. The summed E-state index contributed by atoms with van der Waals surface area (Å²) >= 11 is 1.49. The van der Waals surface area contributed by atoms with Crippen molar-refractivity contribution in [1.29, 1.82) is 0 Å². The van der Waals surface area contributed by atoms with Gasteiger partial charge in [-0.3, -0.25) is 9.78 Å². The molecule has 1 aromatic carbocycles. The lowest BCUT2D eigenvalue weighted by Gasteiger charge is -2.10. The summed E-state index contributed by atoms with van der Waals surface area (Å²) in [6.07, 6.45) is 3.61. The third kappa shape index (κ3) is 3.49. The van der Waals surface area contributed by atoms with Crippen LogP contribution in [0.4, 0.5) is 0 Å². The summed E-state index contributed by atoms with van der Waals surface area (Å²) in [4.78, 5) is 32.2. The van der Waals surface area contributed by atoms with Crippen LogP contribution < -0.4 is 5.56 Å². The summed E-state index contributed by atoms with van der Waals surface area (Å²) in [5, 5.41) is 0. The zero-order valence-electron chi connectivity index (χ0n) is 13.8. The maximum Gasteiger partial charge on any atom is 0.337 e. The number of nitrogens with one attached hydrogen (secondary N) is 1. The van der Waals surface area contributed by atoms with E-state index in [4.69, 9.17) is 4.74 Å². The fourth-order valence-corrected chi connectivity index (χ4v) is 3.17. The fraction of sp³-hybridized carbons (Fsp3) is 0.105. The molecule has 0 saturated carbocycles. The summed E-state index contributed by atoms with van der Waals surface area (Å²) in [7, 11) is 1.34. The molecule has 2 heterocycles. The van der Waals surface area contributed by atoms with Crippen molar-refractivity contribution in [2.24, 2.45) is 0 Å². The van der Waals surface area contributed by atoms with Gasteiger partial charge in [0.05, 0.1) is 29.6 Å². The number of esters is 1. The maximum atomic E-state index is 12.7. The second kappa shape index (κ2) is 7.36. The number of carbonyl (C=O) groups is 1. The van der Waals surface area contributed by atoms with Gasteiger partial charge >= 0.3 is 5.97 Å². The Kier molecular flexibility index (Phi) is 5.00. The van der Waals surface area contributed by atoms with Crippen molar-refractivity contribution in [1.82, 2.24) is 9.97 Å². The van der Waals surface area contributed by atoms with Crippen LogP contribution >= 0.6 is 11.8 Å². The Morgan fingerprint density at radius 1 is 1.16 bits per heavy atom. The number of hydrogen-bond donors (Lipinski definition) is 1. The number of aromatic amines is 1. The van der Waals surface area contributed by atoms with Crippen molar-refractivity contribution in [3.05, 3.63) is 70.6 Å². The Morgan fingerprint density at radius 3 is 2.52 bits per heavy atom. The number of thioether (sulfide) groups is 1. The maximum absolute atomic E-state index is 12.7. The molecular formula is C19H16N2O3S. The minimum atomic E-state index is -0.406. The largest absolute Gasteiger partial charge is 0.465 e. The van der Waals surface area contributed by atoms with Gasteiger partial charge in [0.1, 0.15) is 0 Å². The molecule has 0 unspecified atom stereocenters. The van der Waals surface area contributed by atoms with E-state index in [1.165, 1.54) is 18.9 Å². The lowest BCUT2D eigenvalue weighted by Crippen LogP contribution is -2.12. The molecule has 0 saturated heterocycles. The number of pyridine rings is 2. The van der Waals surface area contributed by atoms with Gasteiger partial charge in [-0.2, -0.15) is 0 Å². The average Bonchev–Trinajstić information content (AvgIpc) is 2.67. The molecule has 5 nitrogen and oxygen atoms in total. The number of hydrogen-bond acceptors (Lipinski definition) is 5. The topological polar surface area (TPSA) is 72.0 Å². The molecule has 3 rings (SSSR count). The summed E-state index contributed by atoms with van der Waals surface area (Å²) < 4.78 is 4.70. The van der Waals surface area contributed by atoms with Gasteiger partial charge in [0.15, 0.2) is 0 Å². The Bertz CT molecular complexity index is 951. The van der Waals surface area contributed by atoms with E-state index in [0.29, 0.717) is 22.5 Å². The van der Waals surface area contributed by atoms with E-state index >= 15 is 0 Å². The molecule has 0 aliphatic heterocycles. The van der Waals surface area contributed by atoms with Gasteiger partial charge in [0.2, 0.25) is 0 Å². The molecule has 0 radical (unpaired) electrons. The highest BCUT2D eigenvalue weighted by Gasteiger charge is 2.14.